The molecule has 242 valence electrons. The van der Waals surface area contributed by atoms with Gasteiger partial charge in [-0.2, -0.15) is 0 Å². The van der Waals surface area contributed by atoms with Crippen molar-refractivity contribution in [2.75, 3.05) is 17.4 Å². The van der Waals surface area contributed by atoms with Gasteiger partial charge in [0.25, 0.3) is 10.0 Å². The largest absolute Gasteiger partial charge is 0.354 e. The molecular formula is C34H33Cl3FN3O4S. The molecule has 0 radical (unpaired) electrons. The Kier molecular flexibility index (Phi) is 12.5. The van der Waals surface area contributed by atoms with Crippen LogP contribution in [-0.4, -0.2) is 44.3 Å². The fraction of sp³-hybridized carbons (Fsp3) is 0.235. The Bertz CT molecular complexity index is 1760. The second-order valence-electron chi connectivity index (χ2n) is 10.5. The molecule has 0 aliphatic carbocycles. The van der Waals surface area contributed by atoms with Crippen molar-refractivity contribution in [3.63, 3.8) is 0 Å². The van der Waals surface area contributed by atoms with Crippen LogP contribution in [0.15, 0.2) is 102 Å². The van der Waals surface area contributed by atoms with E-state index in [9.17, 15) is 22.4 Å². The lowest BCUT2D eigenvalue weighted by Gasteiger charge is -2.34. The van der Waals surface area contributed by atoms with E-state index in [0.29, 0.717) is 17.1 Å². The second kappa shape index (κ2) is 16.3. The monoisotopic (exact) mass is 703 g/mol. The van der Waals surface area contributed by atoms with E-state index in [0.717, 1.165) is 34.8 Å². The molecule has 4 rings (SSSR count). The molecule has 2 amide bonds. The Labute approximate surface area is 283 Å². The molecule has 0 heterocycles. The number of benzene rings is 4. The first-order valence-electron chi connectivity index (χ1n) is 14.6. The van der Waals surface area contributed by atoms with Gasteiger partial charge in [-0.05, 0) is 60.0 Å². The zero-order valence-corrected chi connectivity index (χ0v) is 28.1. The molecule has 46 heavy (non-hydrogen) atoms. The predicted octanol–water partition coefficient (Wildman–Crippen LogP) is 7.54. The Hall–Kier alpha value is -3.63. The number of carbonyl (C=O) groups excluding carboxylic acids is 2. The number of unbranched alkanes of at least 4 members (excludes halogenated alkanes) is 1. The van der Waals surface area contributed by atoms with E-state index >= 15 is 0 Å². The molecule has 0 bridgehead atoms. The average Bonchev–Trinajstić information content (AvgIpc) is 3.04. The van der Waals surface area contributed by atoms with Gasteiger partial charge in [0.05, 0.1) is 15.6 Å². The summed E-state index contributed by atoms with van der Waals surface area (Å²) in [6, 6.07) is 23.9. The van der Waals surface area contributed by atoms with Crippen LogP contribution in [0.3, 0.4) is 0 Å². The number of nitrogens with one attached hydrogen (secondary N) is 1. The van der Waals surface area contributed by atoms with Crippen molar-refractivity contribution in [1.82, 2.24) is 10.2 Å². The number of carbonyl (C=O) groups is 2. The molecule has 4 aromatic rings. The minimum Gasteiger partial charge on any atom is -0.354 e. The van der Waals surface area contributed by atoms with Crippen LogP contribution >= 0.6 is 34.8 Å². The van der Waals surface area contributed by atoms with Gasteiger partial charge >= 0.3 is 0 Å². The number of amides is 2. The third-order valence-corrected chi connectivity index (χ3v) is 9.92. The van der Waals surface area contributed by atoms with E-state index in [1.165, 1.54) is 29.2 Å². The van der Waals surface area contributed by atoms with Crippen LogP contribution in [0, 0.1) is 5.82 Å². The third kappa shape index (κ3) is 9.00. The highest BCUT2D eigenvalue weighted by atomic mass is 35.5. The van der Waals surface area contributed by atoms with Gasteiger partial charge in [0.15, 0.2) is 0 Å². The highest BCUT2D eigenvalue weighted by Gasteiger charge is 2.35. The fourth-order valence-corrected chi connectivity index (χ4v) is 6.85. The van der Waals surface area contributed by atoms with Gasteiger partial charge in [-0.1, -0.05) is 103 Å². The molecule has 1 N–H and O–H groups in total. The third-order valence-electron chi connectivity index (χ3n) is 7.26. The molecule has 0 fully saturated rings. The lowest BCUT2D eigenvalue weighted by molar-refractivity contribution is -0.140. The average molecular weight is 705 g/mol. The van der Waals surface area contributed by atoms with E-state index < -0.39 is 40.2 Å². The lowest BCUT2D eigenvalue weighted by Crippen LogP contribution is -2.53. The highest BCUT2D eigenvalue weighted by molar-refractivity contribution is 7.92. The minimum atomic E-state index is -4.36. The molecule has 0 spiro atoms. The van der Waals surface area contributed by atoms with E-state index in [1.54, 1.807) is 30.3 Å². The molecule has 0 aliphatic heterocycles. The summed E-state index contributed by atoms with van der Waals surface area (Å²) in [6.07, 6.45) is 1.72. The summed E-state index contributed by atoms with van der Waals surface area (Å²) in [5.74, 6) is -1.85. The van der Waals surface area contributed by atoms with Crippen molar-refractivity contribution in [3.8, 4) is 0 Å². The first kappa shape index (κ1) is 35.2. The van der Waals surface area contributed by atoms with Crippen LogP contribution in [0.1, 0.15) is 30.9 Å². The van der Waals surface area contributed by atoms with Crippen LogP contribution in [0.2, 0.25) is 15.1 Å². The smallest absolute Gasteiger partial charge is 0.264 e. The summed E-state index contributed by atoms with van der Waals surface area (Å²) in [5, 5.41) is 3.27. The van der Waals surface area contributed by atoms with Crippen LogP contribution in [0.5, 0.6) is 0 Å². The Morgan fingerprint density at radius 2 is 1.54 bits per heavy atom. The van der Waals surface area contributed by atoms with Crippen molar-refractivity contribution in [1.29, 1.82) is 0 Å². The Balaban J connectivity index is 1.82. The minimum absolute atomic E-state index is 0.0277. The van der Waals surface area contributed by atoms with Gasteiger partial charge in [-0.15, -0.1) is 0 Å². The SMILES string of the molecule is CCCCNC(=O)[C@H](Cc1ccccc1)N(Cc1ccc(Cl)cc1Cl)C(=O)CN(c1ccc(F)c(Cl)c1)S(=O)(=O)c1ccccc1. The summed E-state index contributed by atoms with van der Waals surface area (Å²) in [7, 11) is -4.36. The zero-order valence-electron chi connectivity index (χ0n) is 25.0. The summed E-state index contributed by atoms with van der Waals surface area (Å²) in [6.45, 7) is 1.54. The Morgan fingerprint density at radius 3 is 2.17 bits per heavy atom. The summed E-state index contributed by atoms with van der Waals surface area (Å²) in [4.78, 5) is 29.5. The first-order chi connectivity index (χ1) is 22.0. The molecule has 0 saturated heterocycles. The van der Waals surface area contributed by atoms with Gasteiger partial charge in [-0.25, -0.2) is 12.8 Å². The quantitative estimate of drug-likeness (QED) is 0.138. The summed E-state index contributed by atoms with van der Waals surface area (Å²) >= 11 is 18.7. The number of hydrogen-bond donors (Lipinski definition) is 1. The molecular weight excluding hydrogens is 672 g/mol. The molecule has 0 aromatic heterocycles. The number of hydrogen-bond acceptors (Lipinski definition) is 4. The maximum absolute atomic E-state index is 14.5. The zero-order chi connectivity index (χ0) is 33.3. The van der Waals surface area contributed by atoms with Crippen molar-refractivity contribution in [2.24, 2.45) is 0 Å². The second-order valence-corrected chi connectivity index (χ2v) is 13.6. The molecule has 7 nitrogen and oxygen atoms in total. The molecule has 4 aromatic carbocycles. The molecule has 0 aliphatic rings. The summed E-state index contributed by atoms with van der Waals surface area (Å²) in [5.41, 5.74) is 1.26. The topological polar surface area (TPSA) is 86.8 Å². The van der Waals surface area contributed by atoms with E-state index in [1.807, 2.05) is 37.3 Å². The van der Waals surface area contributed by atoms with Crippen LogP contribution in [-0.2, 0) is 32.6 Å². The van der Waals surface area contributed by atoms with Crippen molar-refractivity contribution in [2.45, 2.75) is 43.7 Å². The molecule has 0 unspecified atom stereocenters. The standard InChI is InChI=1S/C34H33Cl3FN3O4S/c1-2-3-18-39-34(43)32(19-24-10-6-4-7-11-24)40(22-25-14-15-26(35)20-29(25)36)33(42)23-41(27-16-17-31(38)30(37)21-27)46(44,45)28-12-8-5-9-13-28/h4-17,20-21,32H,2-3,18-19,22-23H2,1H3,(H,39,43)/t32-/m0/s1. The van der Waals surface area contributed by atoms with E-state index in [-0.39, 0.29) is 33.6 Å². The lowest BCUT2D eigenvalue weighted by atomic mass is 10.0. The normalized spacial score (nSPS) is 11.9. The molecule has 0 saturated carbocycles. The number of halogens is 4. The highest BCUT2D eigenvalue weighted by Crippen LogP contribution is 2.29. The van der Waals surface area contributed by atoms with Crippen molar-refractivity contribution in [3.05, 3.63) is 129 Å². The number of nitrogens with zero attached hydrogens (tertiary/aromatic N) is 2. The van der Waals surface area contributed by atoms with Gasteiger partial charge in [-0.3, -0.25) is 13.9 Å². The number of rotatable bonds is 14. The molecule has 1 atom stereocenters. The fourth-order valence-electron chi connectivity index (χ4n) is 4.78. The predicted molar refractivity (Wildman–Crippen MR) is 181 cm³/mol. The van der Waals surface area contributed by atoms with E-state index in [2.05, 4.69) is 5.32 Å². The maximum Gasteiger partial charge on any atom is 0.264 e. The number of sulfonamides is 1. The van der Waals surface area contributed by atoms with Gasteiger partial charge in [0, 0.05) is 29.6 Å². The van der Waals surface area contributed by atoms with Crippen LogP contribution in [0.4, 0.5) is 10.1 Å². The maximum atomic E-state index is 14.5. The summed E-state index contributed by atoms with van der Waals surface area (Å²) < 4.78 is 43.0. The number of anilines is 1. The Morgan fingerprint density at radius 1 is 0.870 bits per heavy atom. The van der Waals surface area contributed by atoms with Crippen LogP contribution < -0.4 is 9.62 Å². The van der Waals surface area contributed by atoms with Crippen molar-refractivity contribution < 1.29 is 22.4 Å². The van der Waals surface area contributed by atoms with Gasteiger partial charge < -0.3 is 10.2 Å². The van der Waals surface area contributed by atoms with Crippen LogP contribution in [0.25, 0.3) is 0 Å². The van der Waals surface area contributed by atoms with Gasteiger partial charge in [0.1, 0.15) is 18.4 Å². The van der Waals surface area contributed by atoms with Gasteiger partial charge in [0.2, 0.25) is 11.8 Å². The first-order valence-corrected chi connectivity index (χ1v) is 17.2. The van der Waals surface area contributed by atoms with Crippen molar-refractivity contribution >= 4 is 62.3 Å². The molecule has 12 heteroatoms. The van der Waals surface area contributed by atoms with E-state index in [4.69, 9.17) is 34.8 Å².